The van der Waals surface area contributed by atoms with Crippen molar-refractivity contribution in [3.05, 3.63) is 70.2 Å². The molecule has 0 bridgehead atoms. The van der Waals surface area contributed by atoms with E-state index in [9.17, 15) is 30.8 Å². The van der Waals surface area contributed by atoms with E-state index in [1.165, 1.54) is 25.1 Å². The minimum absolute atomic E-state index is 0.0269. The number of nitrogens with zero attached hydrogens (tertiary/aromatic N) is 1. The number of aromatic nitrogens is 1. The van der Waals surface area contributed by atoms with Crippen LogP contribution in [-0.4, -0.2) is 19.2 Å². The minimum Gasteiger partial charge on any atom is -0.415 e. The summed E-state index contributed by atoms with van der Waals surface area (Å²) in [7, 11) is -3.81. The Morgan fingerprint density at radius 3 is 2.32 bits per heavy atom. The Labute approximate surface area is 156 Å². The molecule has 3 aromatic rings. The first-order chi connectivity index (χ1) is 12.9. The van der Waals surface area contributed by atoms with E-state index in [0.717, 1.165) is 35.3 Å². The van der Waals surface area contributed by atoms with Crippen LogP contribution in [0.25, 0.3) is 16.9 Å². The summed E-state index contributed by atoms with van der Waals surface area (Å²) in [5.41, 5.74) is -1.05. The van der Waals surface area contributed by atoms with Crippen LogP contribution >= 0.6 is 0 Å². The number of sulfone groups is 1. The second-order valence-corrected chi connectivity index (χ2v) is 8.12. The molecule has 0 saturated carbocycles. The van der Waals surface area contributed by atoms with Crippen molar-refractivity contribution in [2.24, 2.45) is 0 Å². The number of oxazole rings is 1. The van der Waals surface area contributed by atoms with Crippen LogP contribution in [0.3, 0.4) is 0 Å². The van der Waals surface area contributed by atoms with E-state index in [-0.39, 0.29) is 22.5 Å². The number of alkyl halides is 3. The molecule has 0 unspecified atom stereocenters. The van der Waals surface area contributed by atoms with Gasteiger partial charge in [0.25, 0.3) is 0 Å². The Morgan fingerprint density at radius 1 is 1.07 bits per heavy atom. The molecule has 0 atom stereocenters. The van der Waals surface area contributed by atoms with Crippen LogP contribution in [0.15, 0.2) is 56.8 Å². The van der Waals surface area contributed by atoms with Gasteiger partial charge in [0.2, 0.25) is 0 Å². The third kappa shape index (κ3) is 3.59. The van der Waals surface area contributed by atoms with E-state index in [4.69, 9.17) is 4.42 Å². The Kier molecular flexibility index (Phi) is 4.70. The summed E-state index contributed by atoms with van der Waals surface area (Å²) in [5.74, 6) is -2.03. The minimum atomic E-state index is -4.63. The van der Waals surface area contributed by atoms with E-state index in [1.54, 1.807) is 0 Å². The summed E-state index contributed by atoms with van der Waals surface area (Å²) in [6.45, 7) is 1.28. The van der Waals surface area contributed by atoms with Gasteiger partial charge in [-0.25, -0.2) is 22.2 Å². The first-order valence-electron chi connectivity index (χ1n) is 7.78. The largest absolute Gasteiger partial charge is 0.424 e. The molecule has 1 heterocycles. The van der Waals surface area contributed by atoms with Crippen LogP contribution in [0, 0.1) is 12.7 Å². The van der Waals surface area contributed by atoms with Gasteiger partial charge in [-0.1, -0.05) is 12.1 Å². The summed E-state index contributed by atoms with van der Waals surface area (Å²) >= 11 is 0. The second kappa shape index (κ2) is 6.62. The molecule has 0 fully saturated rings. The van der Waals surface area contributed by atoms with Crippen molar-refractivity contribution in [1.82, 2.24) is 4.57 Å². The average molecular weight is 415 g/mol. The second-order valence-electron chi connectivity index (χ2n) is 6.14. The Hall–Kier alpha value is -2.88. The first-order valence-corrected chi connectivity index (χ1v) is 9.67. The van der Waals surface area contributed by atoms with Crippen molar-refractivity contribution < 1.29 is 30.4 Å². The Morgan fingerprint density at radius 2 is 1.75 bits per heavy atom. The number of aryl methyl sites for hydroxylation is 1. The van der Waals surface area contributed by atoms with Gasteiger partial charge in [0.05, 0.1) is 16.9 Å². The fourth-order valence-corrected chi connectivity index (χ4v) is 3.50. The molecule has 0 aliphatic rings. The van der Waals surface area contributed by atoms with Gasteiger partial charge in [0.1, 0.15) is 17.0 Å². The van der Waals surface area contributed by atoms with Crippen LogP contribution in [0.5, 0.6) is 0 Å². The van der Waals surface area contributed by atoms with Crippen LogP contribution < -0.4 is 5.76 Å². The highest BCUT2D eigenvalue weighted by atomic mass is 32.2. The van der Waals surface area contributed by atoms with Gasteiger partial charge in [-0.3, -0.25) is 0 Å². The number of hydrogen-bond donors (Lipinski definition) is 0. The summed E-state index contributed by atoms with van der Waals surface area (Å²) < 4.78 is 82.5. The molecule has 0 spiro atoms. The van der Waals surface area contributed by atoms with E-state index in [2.05, 4.69) is 0 Å². The molecule has 0 amide bonds. The average Bonchev–Trinajstić information content (AvgIpc) is 2.94. The highest BCUT2D eigenvalue weighted by Gasteiger charge is 2.33. The molecule has 10 heteroatoms. The standard InChI is InChI=1S/C18H13F4NO4S/c1-10-3-5-12(8-13(10)18(20,21)22)23-15(9-27-17(23)24)11-4-6-16(14(19)7-11)28(2,25)26/h3-9H,1-2H3. The highest BCUT2D eigenvalue weighted by molar-refractivity contribution is 7.90. The van der Waals surface area contributed by atoms with Crippen LogP contribution in [0.1, 0.15) is 11.1 Å². The lowest BCUT2D eigenvalue weighted by atomic mass is 10.1. The molecule has 0 aliphatic heterocycles. The van der Waals surface area contributed by atoms with Gasteiger partial charge in [-0.15, -0.1) is 0 Å². The van der Waals surface area contributed by atoms with Crippen molar-refractivity contribution in [3.8, 4) is 16.9 Å². The maximum atomic E-state index is 14.2. The predicted molar refractivity (Wildman–Crippen MR) is 92.5 cm³/mol. The Bertz CT molecular complexity index is 1220. The summed E-state index contributed by atoms with van der Waals surface area (Å²) in [5, 5.41) is 0. The van der Waals surface area contributed by atoms with Crippen LogP contribution in [0.2, 0.25) is 0 Å². The molecular weight excluding hydrogens is 402 g/mol. The zero-order valence-corrected chi connectivity index (χ0v) is 15.4. The smallest absolute Gasteiger partial charge is 0.415 e. The molecule has 2 aromatic carbocycles. The molecule has 148 valence electrons. The van der Waals surface area contributed by atoms with Gasteiger partial charge in [0.15, 0.2) is 9.84 Å². The predicted octanol–water partition coefficient (Wildman–Crippen LogP) is 3.97. The van der Waals surface area contributed by atoms with Crippen molar-refractivity contribution in [3.63, 3.8) is 0 Å². The summed E-state index contributed by atoms with van der Waals surface area (Å²) in [6.07, 6.45) is -2.83. The van der Waals surface area contributed by atoms with E-state index >= 15 is 0 Å². The lowest BCUT2D eigenvalue weighted by Gasteiger charge is -2.13. The molecule has 0 saturated heterocycles. The number of halogens is 4. The summed E-state index contributed by atoms with van der Waals surface area (Å²) in [6, 6.07) is 6.41. The van der Waals surface area contributed by atoms with Crippen molar-refractivity contribution in [1.29, 1.82) is 0 Å². The molecular formula is C18H13F4NO4S. The highest BCUT2D eigenvalue weighted by Crippen LogP contribution is 2.34. The molecule has 3 rings (SSSR count). The monoisotopic (exact) mass is 415 g/mol. The molecule has 0 N–H and O–H groups in total. The Balaban J connectivity index is 2.20. The molecule has 1 aromatic heterocycles. The van der Waals surface area contributed by atoms with Crippen LogP contribution in [-0.2, 0) is 16.0 Å². The molecule has 5 nitrogen and oxygen atoms in total. The third-order valence-corrected chi connectivity index (χ3v) is 5.24. The lowest BCUT2D eigenvalue weighted by Crippen LogP contribution is -2.15. The fraction of sp³-hybridized carbons (Fsp3) is 0.167. The normalized spacial score (nSPS) is 12.4. The third-order valence-electron chi connectivity index (χ3n) is 4.11. The maximum Gasteiger partial charge on any atom is 0.424 e. The number of rotatable bonds is 3. The van der Waals surface area contributed by atoms with E-state index in [1.807, 2.05) is 0 Å². The van der Waals surface area contributed by atoms with Gasteiger partial charge < -0.3 is 4.42 Å². The number of benzene rings is 2. The summed E-state index contributed by atoms with van der Waals surface area (Å²) in [4.78, 5) is 11.6. The quantitative estimate of drug-likeness (QED) is 0.607. The fourth-order valence-electron chi connectivity index (χ4n) is 2.77. The van der Waals surface area contributed by atoms with Crippen molar-refractivity contribution in [2.75, 3.05) is 6.26 Å². The van der Waals surface area contributed by atoms with Crippen LogP contribution in [0.4, 0.5) is 17.6 Å². The van der Waals surface area contributed by atoms with Crippen molar-refractivity contribution >= 4 is 9.84 Å². The number of hydrogen-bond acceptors (Lipinski definition) is 4. The van der Waals surface area contributed by atoms with Gasteiger partial charge in [-0.2, -0.15) is 13.2 Å². The molecule has 28 heavy (non-hydrogen) atoms. The SMILES string of the molecule is Cc1ccc(-n2c(-c3ccc(S(C)(=O)=O)c(F)c3)coc2=O)cc1C(F)(F)F. The van der Waals surface area contributed by atoms with E-state index < -0.39 is 38.0 Å². The molecule has 0 aliphatic carbocycles. The van der Waals surface area contributed by atoms with E-state index in [0.29, 0.717) is 0 Å². The zero-order chi connectivity index (χ0) is 20.9. The molecule has 0 radical (unpaired) electrons. The lowest BCUT2D eigenvalue weighted by molar-refractivity contribution is -0.138. The maximum absolute atomic E-state index is 14.2. The van der Waals surface area contributed by atoms with Gasteiger partial charge in [-0.05, 0) is 36.8 Å². The first kappa shape index (κ1) is 19.9. The van der Waals surface area contributed by atoms with Gasteiger partial charge in [0, 0.05) is 11.8 Å². The topological polar surface area (TPSA) is 69.3 Å². The van der Waals surface area contributed by atoms with Gasteiger partial charge >= 0.3 is 11.9 Å². The van der Waals surface area contributed by atoms with Crippen molar-refractivity contribution in [2.45, 2.75) is 18.0 Å². The zero-order valence-electron chi connectivity index (χ0n) is 14.5.